The van der Waals surface area contributed by atoms with Crippen LogP contribution in [0.5, 0.6) is 0 Å². The average Bonchev–Trinajstić information content (AvgIpc) is 3.03. The molecule has 3 rings (SSSR count). The Morgan fingerprint density at radius 3 is 2.46 bits per heavy atom. The van der Waals surface area contributed by atoms with Crippen LogP contribution in [0.25, 0.3) is 10.1 Å². The highest BCUT2D eigenvalue weighted by atomic mass is 32.1. The molecule has 3 aromatic rings. The number of carbonyl (C=O) groups excluding carboxylic acids is 2. The number of hydrazine groups is 1. The number of fused-ring (bicyclic) bond motifs is 1. The minimum absolute atomic E-state index is 0.0433. The van der Waals surface area contributed by atoms with Gasteiger partial charge in [-0.3, -0.25) is 35.5 Å². The summed E-state index contributed by atoms with van der Waals surface area (Å²) in [5.41, 5.74) is 4.93. The van der Waals surface area contributed by atoms with E-state index < -0.39 is 16.7 Å². The number of nitro benzene ring substituents is 1. The van der Waals surface area contributed by atoms with Crippen molar-refractivity contribution in [3.05, 3.63) is 69.3 Å². The Bertz CT molecular complexity index is 939. The first-order valence-electron chi connectivity index (χ1n) is 6.73. The predicted molar refractivity (Wildman–Crippen MR) is 87.6 cm³/mol. The second-order valence-corrected chi connectivity index (χ2v) is 5.82. The number of thiophene rings is 1. The number of hydrogen-bond donors (Lipinski definition) is 2. The summed E-state index contributed by atoms with van der Waals surface area (Å²) in [5, 5.41) is 11.4. The quantitative estimate of drug-likeness (QED) is 0.560. The molecule has 0 bridgehead atoms. The molecule has 0 spiro atoms. The zero-order chi connectivity index (χ0) is 17.1. The van der Waals surface area contributed by atoms with E-state index >= 15 is 0 Å². The highest BCUT2D eigenvalue weighted by Gasteiger charge is 2.14. The van der Waals surface area contributed by atoms with E-state index in [-0.39, 0.29) is 5.69 Å². The number of pyridine rings is 1. The number of carbonyl (C=O) groups is 2. The van der Waals surface area contributed by atoms with E-state index in [1.807, 2.05) is 0 Å². The number of nitrogens with zero attached hydrogens (tertiary/aromatic N) is 2. The standard InChI is InChI=1S/C15H10N4O4S/c20-14(9-3-5-16-6-4-9)17-18-15(21)13-8-10-7-11(19(22)23)1-2-12(10)24-13/h1-8H,(H,17,20)(H,18,21). The average molecular weight is 342 g/mol. The number of non-ortho nitro benzene ring substituents is 1. The minimum Gasteiger partial charge on any atom is -0.267 e. The molecule has 9 heteroatoms. The molecule has 0 aliphatic carbocycles. The monoisotopic (exact) mass is 342 g/mol. The van der Waals surface area contributed by atoms with Crippen LogP contribution >= 0.6 is 11.3 Å². The second-order valence-electron chi connectivity index (χ2n) is 4.73. The van der Waals surface area contributed by atoms with Crippen molar-refractivity contribution in [2.75, 3.05) is 0 Å². The number of nitrogens with one attached hydrogen (secondary N) is 2. The molecule has 0 saturated carbocycles. The summed E-state index contributed by atoms with van der Waals surface area (Å²) in [6, 6.07) is 8.94. The van der Waals surface area contributed by atoms with Gasteiger partial charge in [-0.2, -0.15) is 0 Å². The summed E-state index contributed by atoms with van der Waals surface area (Å²) in [4.78, 5) is 38.4. The molecule has 0 unspecified atom stereocenters. The van der Waals surface area contributed by atoms with E-state index in [9.17, 15) is 19.7 Å². The first kappa shape index (κ1) is 15.6. The molecule has 2 aromatic heterocycles. The number of nitro groups is 1. The van der Waals surface area contributed by atoms with E-state index in [1.165, 1.54) is 48.0 Å². The van der Waals surface area contributed by atoms with Gasteiger partial charge in [-0.05, 0) is 24.3 Å². The van der Waals surface area contributed by atoms with Crippen LogP contribution in [0.4, 0.5) is 5.69 Å². The van der Waals surface area contributed by atoms with Crippen LogP contribution in [0.15, 0.2) is 48.8 Å². The molecule has 8 nitrogen and oxygen atoms in total. The third kappa shape index (κ3) is 3.20. The molecule has 0 saturated heterocycles. The predicted octanol–water partition coefficient (Wildman–Crippen LogP) is 2.28. The highest BCUT2D eigenvalue weighted by molar-refractivity contribution is 7.20. The lowest BCUT2D eigenvalue weighted by atomic mass is 10.2. The lowest BCUT2D eigenvalue weighted by molar-refractivity contribution is -0.384. The van der Waals surface area contributed by atoms with Crippen molar-refractivity contribution in [1.82, 2.24) is 15.8 Å². The number of benzene rings is 1. The van der Waals surface area contributed by atoms with Crippen molar-refractivity contribution in [2.24, 2.45) is 0 Å². The van der Waals surface area contributed by atoms with Gasteiger partial charge in [0.05, 0.1) is 9.80 Å². The van der Waals surface area contributed by atoms with Gasteiger partial charge in [0, 0.05) is 40.2 Å². The number of rotatable bonds is 3. The molecule has 2 amide bonds. The Morgan fingerprint density at radius 2 is 1.75 bits per heavy atom. The zero-order valence-electron chi connectivity index (χ0n) is 12.1. The van der Waals surface area contributed by atoms with Crippen LogP contribution < -0.4 is 10.9 Å². The number of aromatic nitrogens is 1. The fourth-order valence-electron chi connectivity index (χ4n) is 2.01. The Hall–Kier alpha value is -3.33. The zero-order valence-corrected chi connectivity index (χ0v) is 12.9. The Labute approximate surface area is 139 Å². The fourth-order valence-corrected chi connectivity index (χ4v) is 2.95. The van der Waals surface area contributed by atoms with E-state index in [2.05, 4.69) is 15.8 Å². The molecule has 2 N–H and O–H groups in total. The second kappa shape index (κ2) is 6.42. The maximum atomic E-state index is 12.1. The largest absolute Gasteiger partial charge is 0.279 e. The van der Waals surface area contributed by atoms with Gasteiger partial charge in [0.25, 0.3) is 17.5 Å². The Morgan fingerprint density at radius 1 is 1.04 bits per heavy atom. The summed E-state index contributed by atoms with van der Waals surface area (Å²) < 4.78 is 0.742. The molecule has 2 heterocycles. The molecule has 1 aromatic carbocycles. The van der Waals surface area contributed by atoms with Crippen LogP contribution in [0.1, 0.15) is 20.0 Å². The SMILES string of the molecule is O=C(NNC(=O)c1cc2cc([N+](=O)[O-])ccc2s1)c1ccncc1. The molecular formula is C15H10N4O4S. The van der Waals surface area contributed by atoms with Crippen molar-refractivity contribution >= 4 is 38.9 Å². The van der Waals surface area contributed by atoms with Gasteiger partial charge in [-0.25, -0.2) is 0 Å². The van der Waals surface area contributed by atoms with E-state index in [1.54, 1.807) is 12.1 Å². The van der Waals surface area contributed by atoms with Gasteiger partial charge in [-0.15, -0.1) is 11.3 Å². The molecule has 0 radical (unpaired) electrons. The van der Waals surface area contributed by atoms with Crippen molar-refractivity contribution in [1.29, 1.82) is 0 Å². The Kier molecular flexibility index (Phi) is 4.17. The van der Waals surface area contributed by atoms with Crippen molar-refractivity contribution in [3.63, 3.8) is 0 Å². The summed E-state index contributed by atoms with van der Waals surface area (Å²) in [7, 11) is 0. The normalized spacial score (nSPS) is 10.3. The summed E-state index contributed by atoms with van der Waals surface area (Å²) in [5.74, 6) is -0.969. The third-order valence-corrected chi connectivity index (χ3v) is 4.28. The maximum absolute atomic E-state index is 12.1. The summed E-state index contributed by atoms with van der Waals surface area (Å²) >= 11 is 1.18. The molecule has 0 aliphatic rings. The van der Waals surface area contributed by atoms with E-state index in [0.717, 1.165) is 4.70 Å². The third-order valence-electron chi connectivity index (χ3n) is 3.17. The summed E-state index contributed by atoms with van der Waals surface area (Å²) in [6.45, 7) is 0. The topological polar surface area (TPSA) is 114 Å². The highest BCUT2D eigenvalue weighted by Crippen LogP contribution is 2.28. The Balaban J connectivity index is 1.72. The van der Waals surface area contributed by atoms with Crippen molar-refractivity contribution in [3.8, 4) is 0 Å². The summed E-state index contributed by atoms with van der Waals surface area (Å²) in [6.07, 6.45) is 2.94. The molecular weight excluding hydrogens is 332 g/mol. The number of hydrogen-bond acceptors (Lipinski definition) is 6. The van der Waals surface area contributed by atoms with Gasteiger partial charge < -0.3 is 0 Å². The van der Waals surface area contributed by atoms with Gasteiger partial charge >= 0.3 is 0 Å². The maximum Gasteiger partial charge on any atom is 0.279 e. The van der Waals surface area contributed by atoms with Crippen LogP contribution in [0, 0.1) is 10.1 Å². The van der Waals surface area contributed by atoms with Crippen molar-refractivity contribution in [2.45, 2.75) is 0 Å². The molecule has 0 fully saturated rings. The van der Waals surface area contributed by atoms with Crippen molar-refractivity contribution < 1.29 is 14.5 Å². The molecule has 120 valence electrons. The minimum atomic E-state index is -0.499. The van der Waals surface area contributed by atoms with Gasteiger partial charge in [-0.1, -0.05) is 0 Å². The van der Waals surface area contributed by atoms with Gasteiger partial charge in [0.1, 0.15) is 0 Å². The fraction of sp³-hybridized carbons (Fsp3) is 0. The first-order chi connectivity index (χ1) is 11.5. The smallest absolute Gasteiger partial charge is 0.267 e. The van der Waals surface area contributed by atoms with E-state index in [4.69, 9.17) is 0 Å². The first-order valence-corrected chi connectivity index (χ1v) is 7.55. The number of amides is 2. The molecule has 0 atom stereocenters. The van der Waals surface area contributed by atoms with Gasteiger partial charge in [0.15, 0.2) is 0 Å². The molecule has 24 heavy (non-hydrogen) atoms. The van der Waals surface area contributed by atoms with Gasteiger partial charge in [0.2, 0.25) is 0 Å². The molecule has 0 aliphatic heterocycles. The van der Waals surface area contributed by atoms with Crippen LogP contribution in [0.3, 0.4) is 0 Å². The van der Waals surface area contributed by atoms with Crippen LogP contribution in [-0.4, -0.2) is 21.7 Å². The van der Waals surface area contributed by atoms with E-state index in [0.29, 0.717) is 15.8 Å². The lowest BCUT2D eigenvalue weighted by Crippen LogP contribution is -2.41. The van der Waals surface area contributed by atoms with Crippen LogP contribution in [-0.2, 0) is 0 Å². The lowest BCUT2D eigenvalue weighted by Gasteiger charge is -2.05. The van der Waals surface area contributed by atoms with Crippen LogP contribution in [0.2, 0.25) is 0 Å².